The van der Waals surface area contributed by atoms with Gasteiger partial charge in [0.05, 0.1) is 0 Å². The van der Waals surface area contributed by atoms with Crippen molar-refractivity contribution in [2.45, 2.75) is 19.8 Å². The molecule has 4 heteroatoms. The quantitative estimate of drug-likeness (QED) is 0.758. The van der Waals surface area contributed by atoms with Crippen LogP contribution in [0.1, 0.15) is 19.4 Å². The van der Waals surface area contributed by atoms with E-state index in [1.807, 2.05) is 0 Å². The van der Waals surface area contributed by atoms with Crippen LogP contribution in [-0.2, 0) is 5.92 Å². The van der Waals surface area contributed by atoms with Crippen LogP contribution in [0, 0.1) is 5.92 Å². The molecule has 0 aliphatic carbocycles. The van der Waals surface area contributed by atoms with Crippen LogP contribution in [0.25, 0.3) is 11.1 Å². The van der Waals surface area contributed by atoms with Crippen LogP contribution in [0.5, 0.6) is 0 Å². The lowest BCUT2D eigenvalue weighted by Crippen LogP contribution is -2.20. The number of nitrogens with zero attached hydrogens (tertiary/aromatic N) is 1. The van der Waals surface area contributed by atoms with E-state index in [1.54, 1.807) is 6.07 Å². The standard InChI is InChI=1S/C11H11F2NO/c1-7(2)11(12,13)8-3-4-9-10(5-8)15-6-14-9/h3-7H,1-2H3. The van der Waals surface area contributed by atoms with E-state index in [9.17, 15) is 8.78 Å². The first kappa shape index (κ1) is 10.1. The number of halogens is 2. The first-order valence-electron chi connectivity index (χ1n) is 4.73. The van der Waals surface area contributed by atoms with Crippen molar-refractivity contribution in [1.29, 1.82) is 0 Å². The molecule has 2 rings (SSSR count). The highest BCUT2D eigenvalue weighted by atomic mass is 19.3. The molecular weight excluding hydrogens is 200 g/mol. The second kappa shape index (κ2) is 3.29. The zero-order valence-electron chi connectivity index (χ0n) is 8.50. The van der Waals surface area contributed by atoms with Crippen LogP contribution in [0.4, 0.5) is 8.78 Å². The highest BCUT2D eigenvalue weighted by molar-refractivity contribution is 5.73. The van der Waals surface area contributed by atoms with Crippen LogP contribution in [0.2, 0.25) is 0 Å². The average Bonchev–Trinajstić information content (AvgIpc) is 2.63. The Morgan fingerprint density at radius 3 is 2.73 bits per heavy atom. The minimum atomic E-state index is -2.83. The molecule has 0 bridgehead atoms. The summed E-state index contributed by atoms with van der Waals surface area (Å²) in [5.74, 6) is -3.57. The van der Waals surface area contributed by atoms with E-state index in [0.29, 0.717) is 11.1 Å². The van der Waals surface area contributed by atoms with Crippen molar-refractivity contribution in [3.8, 4) is 0 Å². The van der Waals surface area contributed by atoms with Gasteiger partial charge in [0.15, 0.2) is 12.0 Å². The van der Waals surface area contributed by atoms with Gasteiger partial charge in [-0.1, -0.05) is 19.9 Å². The summed E-state index contributed by atoms with van der Waals surface area (Å²) in [6, 6.07) is 4.29. The molecule has 0 N–H and O–H groups in total. The molecule has 0 radical (unpaired) electrons. The Kier molecular flexibility index (Phi) is 2.21. The molecule has 0 spiro atoms. The molecule has 1 heterocycles. The number of alkyl halides is 2. The van der Waals surface area contributed by atoms with Crippen LogP contribution >= 0.6 is 0 Å². The van der Waals surface area contributed by atoms with E-state index in [2.05, 4.69) is 4.98 Å². The normalized spacial score (nSPS) is 12.6. The minimum Gasteiger partial charge on any atom is -0.443 e. The number of oxazole rings is 1. The van der Waals surface area contributed by atoms with Crippen molar-refractivity contribution in [1.82, 2.24) is 4.98 Å². The van der Waals surface area contributed by atoms with Gasteiger partial charge in [0, 0.05) is 11.5 Å². The molecule has 2 aromatic rings. The van der Waals surface area contributed by atoms with Gasteiger partial charge in [0.1, 0.15) is 5.52 Å². The van der Waals surface area contributed by atoms with Gasteiger partial charge < -0.3 is 4.42 Å². The Morgan fingerprint density at radius 2 is 2.07 bits per heavy atom. The van der Waals surface area contributed by atoms with Gasteiger partial charge in [-0.2, -0.15) is 0 Å². The maximum atomic E-state index is 13.7. The maximum absolute atomic E-state index is 13.7. The zero-order chi connectivity index (χ0) is 11.1. The van der Waals surface area contributed by atoms with Crippen molar-refractivity contribution in [3.05, 3.63) is 30.2 Å². The summed E-state index contributed by atoms with van der Waals surface area (Å²) in [5.41, 5.74) is 0.966. The number of aromatic nitrogens is 1. The smallest absolute Gasteiger partial charge is 0.275 e. The van der Waals surface area contributed by atoms with Gasteiger partial charge in [0.2, 0.25) is 0 Å². The number of rotatable bonds is 2. The number of hydrogen-bond donors (Lipinski definition) is 0. The fourth-order valence-electron chi connectivity index (χ4n) is 1.40. The van der Waals surface area contributed by atoms with Crippen LogP contribution in [-0.4, -0.2) is 4.98 Å². The molecule has 1 aromatic heterocycles. The van der Waals surface area contributed by atoms with E-state index in [1.165, 1.54) is 32.4 Å². The van der Waals surface area contributed by atoms with Crippen LogP contribution in [0.15, 0.2) is 29.0 Å². The summed E-state index contributed by atoms with van der Waals surface area (Å²) in [5, 5.41) is 0. The fraction of sp³-hybridized carbons (Fsp3) is 0.364. The lowest BCUT2D eigenvalue weighted by Gasteiger charge is -2.20. The third-order valence-electron chi connectivity index (χ3n) is 2.44. The molecule has 0 fully saturated rings. The number of benzene rings is 1. The zero-order valence-corrected chi connectivity index (χ0v) is 8.50. The fourth-order valence-corrected chi connectivity index (χ4v) is 1.40. The van der Waals surface area contributed by atoms with Crippen molar-refractivity contribution >= 4 is 11.1 Å². The minimum absolute atomic E-state index is 0.0262. The van der Waals surface area contributed by atoms with E-state index in [-0.39, 0.29) is 5.56 Å². The summed E-state index contributed by atoms with van der Waals surface area (Å²) < 4.78 is 32.3. The monoisotopic (exact) mass is 211 g/mol. The molecule has 0 amide bonds. The van der Waals surface area contributed by atoms with E-state index in [4.69, 9.17) is 4.42 Å². The molecule has 0 saturated heterocycles. The largest absolute Gasteiger partial charge is 0.443 e. The first-order valence-corrected chi connectivity index (χ1v) is 4.73. The lowest BCUT2D eigenvalue weighted by molar-refractivity contribution is -0.0513. The Hall–Kier alpha value is -1.45. The van der Waals surface area contributed by atoms with Gasteiger partial charge in [0.25, 0.3) is 5.92 Å². The lowest BCUT2D eigenvalue weighted by atomic mass is 9.98. The molecule has 0 unspecified atom stereocenters. The average molecular weight is 211 g/mol. The summed E-state index contributed by atoms with van der Waals surface area (Å²) in [7, 11) is 0. The summed E-state index contributed by atoms with van der Waals surface area (Å²) in [6.45, 7) is 2.98. The number of hydrogen-bond acceptors (Lipinski definition) is 2. The topological polar surface area (TPSA) is 26.0 Å². The number of fused-ring (bicyclic) bond motifs is 1. The van der Waals surface area contributed by atoms with E-state index < -0.39 is 11.8 Å². The second-order valence-corrected chi connectivity index (χ2v) is 3.81. The third-order valence-corrected chi connectivity index (χ3v) is 2.44. The van der Waals surface area contributed by atoms with Crippen LogP contribution in [0.3, 0.4) is 0 Å². The highest BCUT2D eigenvalue weighted by Gasteiger charge is 2.35. The summed E-state index contributed by atoms with van der Waals surface area (Å²) >= 11 is 0. The molecule has 2 nitrogen and oxygen atoms in total. The Bertz CT molecular complexity index is 476. The van der Waals surface area contributed by atoms with Crippen LogP contribution < -0.4 is 0 Å². The summed E-state index contributed by atoms with van der Waals surface area (Å²) in [6.07, 6.45) is 1.25. The molecule has 0 aliphatic rings. The molecular formula is C11H11F2NO. The SMILES string of the molecule is CC(C)C(F)(F)c1ccc2ncoc2c1. The highest BCUT2D eigenvalue weighted by Crippen LogP contribution is 2.36. The molecule has 0 aliphatic heterocycles. The predicted octanol–water partition coefficient (Wildman–Crippen LogP) is 3.58. The maximum Gasteiger partial charge on any atom is 0.275 e. The molecule has 0 atom stereocenters. The summed E-state index contributed by atoms with van der Waals surface area (Å²) in [4.78, 5) is 3.88. The van der Waals surface area contributed by atoms with Crippen molar-refractivity contribution in [3.63, 3.8) is 0 Å². The Balaban J connectivity index is 2.52. The van der Waals surface area contributed by atoms with Crippen molar-refractivity contribution in [2.24, 2.45) is 5.92 Å². The molecule has 15 heavy (non-hydrogen) atoms. The third kappa shape index (κ3) is 1.60. The predicted molar refractivity (Wildman–Crippen MR) is 52.7 cm³/mol. The Morgan fingerprint density at radius 1 is 1.33 bits per heavy atom. The van der Waals surface area contributed by atoms with Gasteiger partial charge in [-0.3, -0.25) is 0 Å². The van der Waals surface area contributed by atoms with E-state index in [0.717, 1.165) is 0 Å². The van der Waals surface area contributed by atoms with Crippen molar-refractivity contribution in [2.75, 3.05) is 0 Å². The first-order chi connectivity index (χ1) is 7.01. The van der Waals surface area contributed by atoms with Gasteiger partial charge in [-0.05, 0) is 12.1 Å². The Labute approximate surface area is 85.9 Å². The molecule has 0 saturated carbocycles. The van der Waals surface area contributed by atoms with Gasteiger partial charge in [-0.25, -0.2) is 13.8 Å². The van der Waals surface area contributed by atoms with Gasteiger partial charge in [-0.15, -0.1) is 0 Å². The molecule has 80 valence electrons. The second-order valence-electron chi connectivity index (χ2n) is 3.81. The van der Waals surface area contributed by atoms with Gasteiger partial charge >= 0.3 is 0 Å². The molecule has 1 aromatic carbocycles. The van der Waals surface area contributed by atoms with Crippen molar-refractivity contribution < 1.29 is 13.2 Å². The van der Waals surface area contributed by atoms with E-state index >= 15 is 0 Å².